The second-order valence-electron chi connectivity index (χ2n) is 3.65. The highest BCUT2D eigenvalue weighted by Gasteiger charge is 2.16. The summed E-state index contributed by atoms with van der Waals surface area (Å²) in [5.74, 6) is 0.0466. The third-order valence-corrected chi connectivity index (χ3v) is 2.21. The van der Waals surface area contributed by atoms with Crippen LogP contribution in [-0.4, -0.2) is 48.8 Å². The molecule has 1 saturated heterocycles. The normalized spacial score (nSPS) is 27.6. The van der Waals surface area contributed by atoms with Crippen LogP contribution in [0, 0.1) is 17.2 Å². The number of nitrogens with zero attached hydrogens (tertiary/aromatic N) is 2. The fourth-order valence-electron chi connectivity index (χ4n) is 1.55. The molecule has 2 atom stereocenters. The van der Waals surface area contributed by atoms with E-state index in [0.29, 0.717) is 13.1 Å². The maximum atomic E-state index is 9.46. The summed E-state index contributed by atoms with van der Waals surface area (Å²) in [7, 11) is 0. The van der Waals surface area contributed by atoms with Crippen molar-refractivity contribution in [2.45, 2.75) is 13.0 Å². The van der Waals surface area contributed by atoms with E-state index in [0.717, 1.165) is 19.6 Å². The first-order valence-electron chi connectivity index (χ1n) is 4.73. The largest absolute Gasteiger partial charge is 0.390 e. The first-order chi connectivity index (χ1) is 6.22. The van der Waals surface area contributed by atoms with Crippen LogP contribution in [0.1, 0.15) is 6.92 Å². The van der Waals surface area contributed by atoms with Crippen molar-refractivity contribution in [2.75, 3.05) is 32.7 Å². The van der Waals surface area contributed by atoms with E-state index < -0.39 is 0 Å². The van der Waals surface area contributed by atoms with E-state index in [1.165, 1.54) is 0 Å². The fourth-order valence-corrected chi connectivity index (χ4v) is 1.55. The van der Waals surface area contributed by atoms with Gasteiger partial charge in [0.05, 0.1) is 18.1 Å². The quantitative estimate of drug-likeness (QED) is 0.601. The highest BCUT2D eigenvalue weighted by Crippen LogP contribution is 2.01. The molecule has 13 heavy (non-hydrogen) atoms. The van der Waals surface area contributed by atoms with Crippen LogP contribution < -0.4 is 5.32 Å². The molecule has 0 spiro atoms. The zero-order valence-corrected chi connectivity index (χ0v) is 8.03. The van der Waals surface area contributed by atoms with E-state index in [4.69, 9.17) is 5.26 Å². The Labute approximate surface area is 79.1 Å². The van der Waals surface area contributed by atoms with Gasteiger partial charge in [-0.2, -0.15) is 5.26 Å². The van der Waals surface area contributed by atoms with Gasteiger partial charge in [-0.15, -0.1) is 0 Å². The molecule has 0 saturated carbocycles. The SMILES string of the molecule is CC(C#N)CN1CCNCC(O)C1. The molecule has 0 amide bonds. The molecular weight excluding hydrogens is 166 g/mol. The van der Waals surface area contributed by atoms with E-state index in [1.54, 1.807) is 0 Å². The summed E-state index contributed by atoms with van der Waals surface area (Å²) in [5, 5.41) is 21.2. The van der Waals surface area contributed by atoms with Crippen molar-refractivity contribution in [3.8, 4) is 6.07 Å². The number of nitrogens with one attached hydrogen (secondary N) is 1. The van der Waals surface area contributed by atoms with Crippen LogP contribution in [0.5, 0.6) is 0 Å². The lowest BCUT2D eigenvalue weighted by Crippen LogP contribution is -2.35. The number of aliphatic hydroxyl groups is 1. The van der Waals surface area contributed by atoms with Gasteiger partial charge in [0.15, 0.2) is 0 Å². The summed E-state index contributed by atoms with van der Waals surface area (Å²) in [5.41, 5.74) is 0. The van der Waals surface area contributed by atoms with Crippen LogP contribution in [0.2, 0.25) is 0 Å². The highest BCUT2D eigenvalue weighted by molar-refractivity contribution is 4.83. The molecule has 1 fully saturated rings. The Hall–Kier alpha value is -0.630. The minimum absolute atomic E-state index is 0.0466. The van der Waals surface area contributed by atoms with Gasteiger partial charge < -0.3 is 10.4 Å². The van der Waals surface area contributed by atoms with Gasteiger partial charge >= 0.3 is 0 Å². The molecule has 0 aliphatic carbocycles. The van der Waals surface area contributed by atoms with Crippen LogP contribution in [0.3, 0.4) is 0 Å². The van der Waals surface area contributed by atoms with Gasteiger partial charge in [0.1, 0.15) is 0 Å². The first-order valence-corrected chi connectivity index (χ1v) is 4.73. The van der Waals surface area contributed by atoms with Crippen molar-refractivity contribution in [3.63, 3.8) is 0 Å². The summed E-state index contributed by atoms with van der Waals surface area (Å²) in [6.07, 6.45) is -0.298. The summed E-state index contributed by atoms with van der Waals surface area (Å²) >= 11 is 0. The molecule has 0 aromatic heterocycles. The lowest BCUT2D eigenvalue weighted by Gasteiger charge is -2.21. The van der Waals surface area contributed by atoms with Crippen LogP contribution in [0.25, 0.3) is 0 Å². The molecule has 1 aliphatic rings. The Morgan fingerprint density at radius 1 is 1.77 bits per heavy atom. The summed E-state index contributed by atoms with van der Waals surface area (Å²) in [4.78, 5) is 2.14. The van der Waals surface area contributed by atoms with Crippen LogP contribution in [-0.2, 0) is 0 Å². The molecule has 1 heterocycles. The predicted octanol–water partition coefficient (Wildman–Crippen LogP) is -0.588. The average molecular weight is 183 g/mol. The number of rotatable bonds is 2. The second-order valence-corrected chi connectivity index (χ2v) is 3.65. The maximum absolute atomic E-state index is 9.46. The smallest absolute Gasteiger partial charge is 0.0791 e. The first kappa shape index (κ1) is 10.5. The van der Waals surface area contributed by atoms with Gasteiger partial charge in [0, 0.05) is 32.7 Å². The van der Waals surface area contributed by atoms with Crippen molar-refractivity contribution in [2.24, 2.45) is 5.92 Å². The van der Waals surface area contributed by atoms with E-state index in [-0.39, 0.29) is 12.0 Å². The third-order valence-electron chi connectivity index (χ3n) is 2.21. The number of hydrogen-bond acceptors (Lipinski definition) is 4. The third kappa shape index (κ3) is 3.73. The van der Waals surface area contributed by atoms with Crippen molar-refractivity contribution >= 4 is 0 Å². The number of aliphatic hydroxyl groups excluding tert-OH is 1. The van der Waals surface area contributed by atoms with Gasteiger partial charge in [0.2, 0.25) is 0 Å². The van der Waals surface area contributed by atoms with Crippen molar-refractivity contribution < 1.29 is 5.11 Å². The van der Waals surface area contributed by atoms with E-state index in [2.05, 4.69) is 16.3 Å². The molecule has 1 rings (SSSR count). The molecule has 4 nitrogen and oxygen atoms in total. The molecule has 0 radical (unpaired) electrons. The highest BCUT2D eigenvalue weighted by atomic mass is 16.3. The van der Waals surface area contributed by atoms with Crippen molar-refractivity contribution in [3.05, 3.63) is 0 Å². The van der Waals surface area contributed by atoms with Gasteiger partial charge in [0.25, 0.3) is 0 Å². The minimum Gasteiger partial charge on any atom is -0.390 e. The van der Waals surface area contributed by atoms with E-state index in [9.17, 15) is 5.11 Å². The Kier molecular flexibility index (Phi) is 4.16. The Balaban J connectivity index is 2.35. The minimum atomic E-state index is -0.298. The van der Waals surface area contributed by atoms with E-state index in [1.807, 2.05) is 6.92 Å². The van der Waals surface area contributed by atoms with E-state index >= 15 is 0 Å². The zero-order chi connectivity index (χ0) is 9.68. The van der Waals surface area contributed by atoms with Gasteiger partial charge in [-0.05, 0) is 6.92 Å². The van der Waals surface area contributed by atoms with Gasteiger partial charge in [-0.25, -0.2) is 0 Å². The van der Waals surface area contributed by atoms with Gasteiger partial charge in [-0.3, -0.25) is 4.90 Å². The molecule has 0 aromatic rings. The van der Waals surface area contributed by atoms with Gasteiger partial charge in [-0.1, -0.05) is 0 Å². The molecule has 74 valence electrons. The topological polar surface area (TPSA) is 59.3 Å². The van der Waals surface area contributed by atoms with Crippen LogP contribution in [0.15, 0.2) is 0 Å². The summed E-state index contributed by atoms with van der Waals surface area (Å²) in [6, 6.07) is 2.20. The molecule has 0 bridgehead atoms. The molecule has 1 aliphatic heterocycles. The van der Waals surface area contributed by atoms with Crippen molar-refractivity contribution in [1.82, 2.24) is 10.2 Å². The lowest BCUT2D eigenvalue weighted by atomic mass is 10.2. The lowest BCUT2D eigenvalue weighted by molar-refractivity contribution is 0.126. The monoisotopic (exact) mass is 183 g/mol. The Morgan fingerprint density at radius 2 is 2.54 bits per heavy atom. The maximum Gasteiger partial charge on any atom is 0.0791 e. The fraction of sp³-hybridized carbons (Fsp3) is 0.889. The number of nitriles is 1. The molecular formula is C9H17N3O. The number of β-amino-alcohol motifs (C(OH)–C–C–N with tert-alkyl or cyclic N) is 1. The molecule has 2 unspecified atom stereocenters. The molecule has 2 N–H and O–H groups in total. The molecule has 4 heteroatoms. The Bertz CT molecular complexity index is 190. The summed E-state index contributed by atoms with van der Waals surface area (Å²) < 4.78 is 0. The van der Waals surface area contributed by atoms with Crippen molar-refractivity contribution in [1.29, 1.82) is 5.26 Å². The standard InChI is InChI=1S/C9H17N3O/c1-8(4-10)6-12-3-2-11-5-9(13)7-12/h8-9,11,13H,2-3,5-7H2,1H3. The second kappa shape index (κ2) is 5.18. The number of hydrogen-bond donors (Lipinski definition) is 2. The summed E-state index contributed by atoms with van der Waals surface area (Å²) in [6.45, 7) is 5.83. The zero-order valence-electron chi connectivity index (χ0n) is 8.03. The predicted molar refractivity (Wildman–Crippen MR) is 50.1 cm³/mol. The van der Waals surface area contributed by atoms with Crippen LogP contribution in [0.4, 0.5) is 0 Å². The average Bonchev–Trinajstić information content (AvgIpc) is 2.30. The molecule has 0 aromatic carbocycles. The van der Waals surface area contributed by atoms with Crippen LogP contribution >= 0.6 is 0 Å². The Morgan fingerprint density at radius 3 is 3.23 bits per heavy atom.